The highest BCUT2D eigenvalue weighted by Gasteiger charge is 2.53. The number of benzene rings is 1. The van der Waals surface area contributed by atoms with Crippen LogP contribution >= 0.6 is 0 Å². The average molecular weight is 467 g/mol. The summed E-state index contributed by atoms with van der Waals surface area (Å²) in [6, 6.07) is 9.21. The van der Waals surface area contributed by atoms with Gasteiger partial charge in [-0.25, -0.2) is 19.7 Å². The van der Waals surface area contributed by atoms with E-state index in [1.54, 1.807) is 0 Å². The van der Waals surface area contributed by atoms with Gasteiger partial charge in [-0.1, -0.05) is 43.2 Å². The third-order valence-electron chi connectivity index (χ3n) is 7.99. The molecule has 6 rings (SSSR count). The van der Waals surface area contributed by atoms with E-state index in [0.29, 0.717) is 16.6 Å². The summed E-state index contributed by atoms with van der Waals surface area (Å²) in [7, 11) is 0. The van der Waals surface area contributed by atoms with E-state index in [1.807, 2.05) is 30.3 Å². The number of nitrogens with zero attached hydrogens (tertiary/aromatic N) is 4. The van der Waals surface area contributed by atoms with Crippen LogP contribution in [0.2, 0.25) is 0 Å². The Hall–Kier alpha value is -2.91. The minimum Gasteiger partial charge on any atom is -0.454 e. The Labute approximate surface area is 199 Å². The van der Waals surface area contributed by atoms with Crippen LogP contribution in [-0.2, 0) is 19.9 Å². The molecule has 3 saturated heterocycles. The first kappa shape index (κ1) is 22.9. The summed E-state index contributed by atoms with van der Waals surface area (Å²) in [4.78, 5) is 38.0. The maximum absolute atomic E-state index is 13.6. The Morgan fingerprint density at radius 2 is 1.74 bits per heavy atom. The zero-order valence-corrected chi connectivity index (χ0v) is 19.3. The largest absolute Gasteiger partial charge is 0.454 e. The number of carbonyl (C=O) groups excluding carboxylic acids is 2. The first-order valence-electron chi connectivity index (χ1n) is 12.2. The number of carbonyl (C=O) groups is 2. The molecule has 4 heterocycles. The van der Waals surface area contributed by atoms with Crippen molar-refractivity contribution in [2.24, 2.45) is 11.8 Å². The number of hydrogen-bond acceptors (Lipinski definition) is 7. The lowest BCUT2D eigenvalue weighted by molar-refractivity contribution is -0.939. The maximum Gasteiger partial charge on any atom is 0.343 e. The third kappa shape index (κ3) is 4.42. The van der Waals surface area contributed by atoms with Crippen LogP contribution < -0.4 is 5.32 Å². The molecule has 1 amide bonds. The quantitative estimate of drug-likeness (QED) is 0.474. The number of ether oxygens (including phenoxy) is 1. The molecule has 9 heteroatoms. The fraction of sp³-hybridized carbons (Fsp3) is 0.560. The SMILES string of the molecule is O=C(C[N+]12CCC(CC1)C(OC(=O)[C@](O)(c1ccccc1)C1CCCC1)C2)Nc1ncncn1. The molecular formula is C25H32N5O4+. The lowest BCUT2D eigenvalue weighted by atomic mass is 9.79. The van der Waals surface area contributed by atoms with Crippen molar-refractivity contribution < 1.29 is 23.9 Å². The lowest BCUT2D eigenvalue weighted by Crippen LogP contribution is -2.66. The summed E-state index contributed by atoms with van der Waals surface area (Å²) in [5.41, 5.74) is -1.03. The Balaban J connectivity index is 1.30. The topological polar surface area (TPSA) is 114 Å². The van der Waals surface area contributed by atoms with E-state index in [4.69, 9.17) is 4.74 Å². The van der Waals surface area contributed by atoms with Crippen molar-refractivity contribution in [2.75, 3.05) is 31.5 Å². The number of quaternary nitrogens is 1. The van der Waals surface area contributed by atoms with Crippen LogP contribution in [0.5, 0.6) is 0 Å². The Bertz CT molecular complexity index is 1010. The smallest absolute Gasteiger partial charge is 0.343 e. The van der Waals surface area contributed by atoms with E-state index in [2.05, 4.69) is 20.3 Å². The minimum absolute atomic E-state index is 0.141. The second-order valence-electron chi connectivity index (χ2n) is 10.0. The van der Waals surface area contributed by atoms with Gasteiger partial charge in [-0.15, -0.1) is 0 Å². The molecule has 1 aromatic carbocycles. The van der Waals surface area contributed by atoms with Crippen LogP contribution in [0.1, 0.15) is 44.1 Å². The van der Waals surface area contributed by atoms with E-state index < -0.39 is 11.6 Å². The predicted molar refractivity (Wildman–Crippen MR) is 123 cm³/mol. The normalized spacial score (nSPS) is 28.3. The number of aromatic nitrogens is 3. The number of esters is 1. The molecule has 2 bridgehead atoms. The predicted octanol–water partition coefficient (Wildman–Crippen LogP) is 2.04. The molecule has 0 radical (unpaired) electrons. The van der Waals surface area contributed by atoms with Crippen LogP contribution in [0, 0.1) is 11.8 Å². The second-order valence-corrected chi connectivity index (χ2v) is 10.0. The monoisotopic (exact) mass is 466 g/mol. The summed E-state index contributed by atoms with van der Waals surface area (Å²) < 4.78 is 6.68. The molecule has 0 spiro atoms. The lowest BCUT2D eigenvalue weighted by Gasteiger charge is -2.51. The molecule has 1 aliphatic carbocycles. The minimum atomic E-state index is -1.63. The van der Waals surface area contributed by atoms with Crippen molar-refractivity contribution in [1.29, 1.82) is 0 Å². The molecule has 9 nitrogen and oxygen atoms in total. The number of amides is 1. The van der Waals surface area contributed by atoms with Crippen LogP contribution in [0.15, 0.2) is 43.0 Å². The molecule has 3 aliphatic heterocycles. The van der Waals surface area contributed by atoms with Crippen molar-refractivity contribution in [3.8, 4) is 0 Å². The summed E-state index contributed by atoms with van der Waals surface area (Å²) in [6.07, 6.45) is 7.80. The Kier molecular flexibility index (Phi) is 6.31. The molecule has 34 heavy (non-hydrogen) atoms. The highest BCUT2D eigenvalue weighted by Crippen LogP contribution is 2.43. The molecule has 2 atom stereocenters. The maximum atomic E-state index is 13.6. The number of fused-ring (bicyclic) bond motifs is 3. The second kappa shape index (κ2) is 9.38. The Morgan fingerprint density at radius 3 is 2.41 bits per heavy atom. The molecule has 1 unspecified atom stereocenters. The van der Waals surface area contributed by atoms with Gasteiger partial charge in [0.25, 0.3) is 5.91 Å². The van der Waals surface area contributed by atoms with E-state index in [9.17, 15) is 14.7 Å². The molecule has 1 saturated carbocycles. The van der Waals surface area contributed by atoms with Gasteiger partial charge < -0.3 is 14.3 Å². The van der Waals surface area contributed by atoms with Gasteiger partial charge in [0.15, 0.2) is 18.2 Å². The van der Waals surface area contributed by atoms with Crippen molar-refractivity contribution in [2.45, 2.75) is 50.2 Å². The molecular weight excluding hydrogens is 434 g/mol. The molecule has 2 aromatic rings. The van der Waals surface area contributed by atoms with Gasteiger partial charge in [-0.3, -0.25) is 10.1 Å². The van der Waals surface area contributed by atoms with Gasteiger partial charge in [0.05, 0.1) is 13.1 Å². The fourth-order valence-electron chi connectivity index (χ4n) is 6.13. The van der Waals surface area contributed by atoms with Gasteiger partial charge in [-0.2, -0.15) is 0 Å². The molecule has 4 aliphatic rings. The van der Waals surface area contributed by atoms with E-state index in [1.165, 1.54) is 12.7 Å². The zero-order chi connectivity index (χ0) is 23.6. The highest BCUT2D eigenvalue weighted by atomic mass is 16.6. The summed E-state index contributed by atoms with van der Waals surface area (Å²) >= 11 is 0. The van der Waals surface area contributed by atoms with Crippen molar-refractivity contribution >= 4 is 17.8 Å². The number of hydrogen-bond donors (Lipinski definition) is 2. The molecule has 2 N–H and O–H groups in total. The third-order valence-corrected chi connectivity index (χ3v) is 7.99. The zero-order valence-electron chi connectivity index (χ0n) is 19.3. The summed E-state index contributed by atoms with van der Waals surface area (Å²) in [5.74, 6) is -0.352. The Morgan fingerprint density at radius 1 is 1.06 bits per heavy atom. The van der Waals surface area contributed by atoms with Crippen LogP contribution in [0.25, 0.3) is 0 Å². The van der Waals surface area contributed by atoms with Crippen LogP contribution in [0.3, 0.4) is 0 Å². The number of anilines is 1. The average Bonchev–Trinajstić information content (AvgIpc) is 3.40. The fourth-order valence-corrected chi connectivity index (χ4v) is 6.13. The molecule has 4 fully saturated rings. The van der Waals surface area contributed by atoms with Gasteiger partial charge in [0.1, 0.15) is 19.2 Å². The van der Waals surface area contributed by atoms with Gasteiger partial charge in [0, 0.05) is 24.7 Å². The van der Waals surface area contributed by atoms with Crippen LogP contribution in [0.4, 0.5) is 5.95 Å². The van der Waals surface area contributed by atoms with Crippen molar-refractivity contribution in [3.63, 3.8) is 0 Å². The molecule has 1 aromatic heterocycles. The standard InChI is InChI=1S/C25H31N5O4/c31-22(29-24-27-16-26-17-28-24)15-30-12-10-18(11-13-30)21(14-30)34-23(32)25(33,20-8-4-5-9-20)19-6-2-1-3-7-19/h1-3,6-7,16-18,20-21,33H,4-5,8-15H2/p+1/t18?,21?,25-,30?/m0/s1. The number of aliphatic hydroxyl groups is 1. The van der Waals surface area contributed by atoms with Crippen molar-refractivity contribution in [1.82, 2.24) is 15.0 Å². The number of rotatable bonds is 7. The molecule has 180 valence electrons. The first-order valence-corrected chi connectivity index (χ1v) is 12.2. The van der Waals surface area contributed by atoms with Crippen molar-refractivity contribution in [3.05, 3.63) is 48.5 Å². The number of nitrogens with one attached hydrogen (secondary N) is 1. The first-order chi connectivity index (χ1) is 16.5. The van der Waals surface area contributed by atoms with E-state index in [0.717, 1.165) is 51.6 Å². The van der Waals surface area contributed by atoms with Gasteiger partial charge in [-0.05, 0) is 18.4 Å². The van der Waals surface area contributed by atoms with Gasteiger partial charge >= 0.3 is 5.97 Å². The van der Waals surface area contributed by atoms with Gasteiger partial charge in [0.2, 0.25) is 5.95 Å². The number of piperidine rings is 3. The summed E-state index contributed by atoms with van der Waals surface area (Å²) in [6.45, 7) is 2.60. The highest BCUT2D eigenvalue weighted by molar-refractivity contribution is 5.89. The van der Waals surface area contributed by atoms with Crippen LogP contribution in [-0.4, -0.2) is 68.7 Å². The van der Waals surface area contributed by atoms with E-state index >= 15 is 0 Å². The summed E-state index contributed by atoms with van der Waals surface area (Å²) in [5, 5.41) is 14.5. The van der Waals surface area contributed by atoms with E-state index in [-0.39, 0.29) is 36.3 Å².